The van der Waals surface area contributed by atoms with Gasteiger partial charge >= 0.3 is 0 Å². The van der Waals surface area contributed by atoms with E-state index in [1.54, 1.807) is 13.3 Å². The van der Waals surface area contributed by atoms with E-state index in [-0.39, 0.29) is 12.5 Å². The third-order valence-electron chi connectivity index (χ3n) is 4.24. The predicted octanol–water partition coefficient (Wildman–Crippen LogP) is 5.12. The van der Waals surface area contributed by atoms with Crippen LogP contribution in [0.3, 0.4) is 0 Å². The van der Waals surface area contributed by atoms with Crippen LogP contribution < -0.4 is 19.6 Å². The molecule has 0 unspecified atom stereocenters. The monoisotopic (exact) mass is 476 g/mol. The molecule has 1 N–H and O–H groups in total. The Labute approximate surface area is 186 Å². The van der Waals surface area contributed by atoms with Crippen LogP contribution in [0.25, 0.3) is 0 Å². The third-order valence-corrected chi connectivity index (χ3v) is 4.86. The van der Waals surface area contributed by atoms with E-state index in [9.17, 15) is 4.79 Å². The zero-order valence-corrected chi connectivity index (χ0v) is 19.3. The second-order valence-corrected chi connectivity index (χ2v) is 7.56. The number of hydrogen-bond acceptors (Lipinski definition) is 5. The van der Waals surface area contributed by atoms with E-state index in [4.69, 9.17) is 14.2 Å². The maximum Gasteiger partial charge on any atom is 0.277 e. The number of unbranched alkanes of at least 4 members (excludes halogenated alkanes) is 1. The topological polar surface area (TPSA) is 69.2 Å². The average Bonchev–Trinajstić information content (AvgIpc) is 2.74. The van der Waals surface area contributed by atoms with Crippen molar-refractivity contribution >= 4 is 28.1 Å². The number of rotatable bonds is 12. The molecule has 0 fully saturated rings. The molecule has 1 amide bonds. The highest BCUT2D eigenvalue weighted by atomic mass is 79.9. The number of nitrogens with one attached hydrogen (secondary N) is 1. The lowest BCUT2D eigenvalue weighted by Crippen LogP contribution is -2.24. The molecule has 0 heterocycles. The normalized spacial score (nSPS) is 10.8. The van der Waals surface area contributed by atoms with Gasteiger partial charge in [0, 0.05) is 0 Å². The molecule has 162 valence electrons. The first-order chi connectivity index (χ1) is 14.6. The summed E-state index contributed by atoms with van der Waals surface area (Å²) in [6.07, 6.45) is 5.68. The number of carbonyl (C=O) groups excluding carboxylic acids is 1. The Morgan fingerprint density at radius 2 is 1.87 bits per heavy atom. The summed E-state index contributed by atoms with van der Waals surface area (Å²) in [4.78, 5) is 12.0. The van der Waals surface area contributed by atoms with Crippen molar-refractivity contribution in [2.45, 2.75) is 39.5 Å². The number of methoxy groups -OCH3 is 1. The molecule has 0 aromatic heterocycles. The zero-order valence-electron chi connectivity index (χ0n) is 17.7. The SMILES string of the molecule is CCCCOc1ccc(/C=N/NC(=O)COc2ccc(CCC)cc2Br)cc1OC. The van der Waals surface area contributed by atoms with Gasteiger partial charge in [0.2, 0.25) is 0 Å². The molecule has 0 atom stereocenters. The Kier molecular flexibility index (Phi) is 10.2. The molecule has 2 aromatic carbocycles. The summed E-state index contributed by atoms with van der Waals surface area (Å²) in [6, 6.07) is 11.4. The number of benzene rings is 2. The Balaban J connectivity index is 1.85. The van der Waals surface area contributed by atoms with Crippen LogP contribution in [0.2, 0.25) is 0 Å². The quantitative estimate of drug-likeness (QED) is 0.262. The van der Waals surface area contributed by atoms with Crippen molar-refractivity contribution in [3.63, 3.8) is 0 Å². The minimum atomic E-state index is -0.345. The van der Waals surface area contributed by atoms with Crippen molar-refractivity contribution in [2.24, 2.45) is 5.10 Å². The van der Waals surface area contributed by atoms with Crippen LogP contribution in [0.4, 0.5) is 0 Å². The van der Waals surface area contributed by atoms with Crippen LogP contribution in [-0.4, -0.2) is 32.4 Å². The molecule has 6 nitrogen and oxygen atoms in total. The molecule has 0 aliphatic heterocycles. The number of ether oxygens (including phenoxy) is 3. The second-order valence-electron chi connectivity index (χ2n) is 6.71. The van der Waals surface area contributed by atoms with Crippen molar-refractivity contribution < 1.29 is 19.0 Å². The van der Waals surface area contributed by atoms with Gasteiger partial charge in [-0.1, -0.05) is 32.8 Å². The smallest absolute Gasteiger partial charge is 0.277 e. The Hall–Kier alpha value is -2.54. The lowest BCUT2D eigenvalue weighted by molar-refractivity contribution is -0.123. The summed E-state index contributed by atoms with van der Waals surface area (Å²) >= 11 is 3.48. The summed E-state index contributed by atoms with van der Waals surface area (Å²) in [5.41, 5.74) is 4.47. The van der Waals surface area contributed by atoms with Crippen LogP contribution in [0.5, 0.6) is 17.2 Å². The largest absolute Gasteiger partial charge is 0.493 e. The van der Waals surface area contributed by atoms with Gasteiger partial charge in [-0.3, -0.25) is 4.79 Å². The van der Waals surface area contributed by atoms with Gasteiger partial charge in [-0.2, -0.15) is 5.10 Å². The third kappa shape index (κ3) is 7.71. The molecule has 0 aliphatic rings. The van der Waals surface area contributed by atoms with Crippen molar-refractivity contribution in [3.8, 4) is 17.2 Å². The molecule has 0 saturated heterocycles. The van der Waals surface area contributed by atoms with Crippen molar-refractivity contribution in [3.05, 3.63) is 52.0 Å². The molecule has 30 heavy (non-hydrogen) atoms. The van der Waals surface area contributed by atoms with E-state index < -0.39 is 0 Å². The van der Waals surface area contributed by atoms with E-state index in [0.29, 0.717) is 23.9 Å². The minimum absolute atomic E-state index is 0.128. The average molecular weight is 477 g/mol. The van der Waals surface area contributed by atoms with E-state index in [0.717, 1.165) is 35.7 Å². The van der Waals surface area contributed by atoms with Crippen LogP contribution in [0.1, 0.15) is 44.2 Å². The van der Waals surface area contributed by atoms with Crippen LogP contribution in [0, 0.1) is 0 Å². The zero-order chi connectivity index (χ0) is 21.8. The molecular weight excluding hydrogens is 448 g/mol. The van der Waals surface area contributed by atoms with Gasteiger partial charge in [0.1, 0.15) is 5.75 Å². The number of amides is 1. The highest BCUT2D eigenvalue weighted by molar-refractivity contribution is 9.10. The summed E-state index contributed by atoms with van der Waals surface area (Å²) in [6.45, 7) is 4.76. The number of aryl methyl sites for hydroxylation is 1. The summed E-state index contributed by atoms with van der Waals surface area (Å²) in [5.74, 6) is 1.59. The maximum absolute atomic E-state index is 12.0. The number of carbonyl (C=O) groups is 1. The van der Waals surface area contributed by atoms with E-state index in [1.807, 2.05) is 36.4 Å². The van der Waals surface area contributed by atoms with Crippen molar-refractivity contribution in [2.75, 3.05) is 20.3 Å². The van der Waals surface area contributed by atoms with Crippen molar-refractivity contribution in [1.82, 2.24) is 5.43 Å². The molecule has 0 aliphatic carbocycles. The fraction of sp³-hybridized carbons (Fsp3) is 0.391. The van der Waals surface area contributed by atoms with E-state index in [1.165, 1.54) is 5.56 Å². The molecule has 2 rings (SSSR count). The first-order valence-corrected chi connectivity index (χ1v) is 10.9. The Bertz CT molecular complexity index is 855. The molecule has 0 bridgehead atoms. The number of nitrogens with zero attached hydrogens (tertiary/aromatic N) is 1. The Morgan fingerprint density at radius 1 is 1.07 bits per heavy atom. The standard InChI is InChI=1S/C23H29BrN2O4/c1-4-6-12-29-21-11-9-18(14-22(21)28-3)15-25-26-23(27)16-30-20-10-8-17(7-5-2)13-19(20)24/h8-11,13-15H,4-7,12,16H2,1-3H3,(H,26,27)/b25-15+. The molecular formula is C23H29BrN2O4. The van der Waals surface area contributed by atoms with E-state index >= 15 is 0 Å². The van der Waals surface area contributed by atoms with E-state index in [2.05, 4.69) is 40.3 Å². The number of halogens is 1. The van der Waals surface area contributed by atoms with Crippen LogP contribution in [-0.2, 0) is 11.2 Å². The Morgan fingerprint density at radius 3 is 2.57 bits per heavy atom. The van der Waals surface area contributed by atoms with Gasteiger partial charge in [0.05, 0.1) is 24.4 Å². The second kappa shape index (κ2) is 12.9. The maximum atomic E-state index is 12.0. The van der Waals surface area contributed by atoms with Crippen LogP contribution >= 0.6 is 15.9 Å². The number of hydrogen-bond donors (Lipinski definition) is 1. The molecule has 2 aromatic rings. The van der Waals surface area contributed by atoms with Crippen LogP contribution in [0.15, 0.2) is 46.0 Å². The summed E-state index contributed by atoms with van der Waals surface area (Å²) in [7, 11) is 1.59. The first kappa shape index (κ1) is 23.7. The minimum Gasteiger partial charge on any atom is -0.493 e. The molecule has 0 spiro atoms. The summed E-state index contributed by atoms with van der Waals surface area (Å²) in [5, 5.41) is 3.98. The van der Waals surface area contributed by atoms with Crippen molar-refractivity contribution in [1.29, 1.82) is 0 Å². The van der Waals surface area contributed by atoms with Gasteiger partial charge in [-0.05, 0) is 70.2 Å². The van der Waals surface area contributed by atoms with Gasteiger partial charge < -0.3 is 14.2 Å². The van der Waals surface area contributed by atoms with Gasteiger partial charge in [-0.15, -0.1) is 0 Å². The number of hydrazone groups is 1. The predicted molar refractivity (Wildman–Crippen MR) is 123 cm³/mol. The molecule has 7 heteroatoms. The molecule has 0 saturated carbocycles. The van der Waals surface area contributed by atoms with Gasteiger partial charge in [-0.25, -0.2) is 5.43 Å². The highest BCUT2D eigenvalue weighted by Gasteiger charge is 2.07. The molecule has 0 radical (unpaired) electrons. The van der Waals surface area contributed by atoms with Gasteiger partial charge in [0.25, 0.3) is 5.91 Å². The fourth-order valence-corrected chi connectivity index (χ4v) is 3.21. The lowest BCUT2D eigenvalue weighted by atomic mass is 10.1. The lowest BCUT2D eigenvalue weighted by Gasteiger charge is -2.11. The highest BCUT2D eigenvalue weighted by Crippen LogP contribution is 2.28. The summed E-state index contributed by atoms with van der Waals surface area (Å²) < 4.78 is 17.5. The first-order valence-electron chi connectivity index (χ1n) is 10.1. The fourth-order valence-electron chi connectivity index (χ4n) is 2.67. The van der Waals surface area contributed by atoms with Gasteiger partial charge in [0.15, 0.2) is 18.1 Å².